The molecule has 1 spiro atoms. The number of hydrogen-bond acceptors (Lipinski definition) is 16. The molecule has 3 aromatic rings. The molecule has 7 atom stereocenters. The van der Waals surface area contributed by atoms with Crippen LogP contribution in [-0.4, -0.2) is 96.2 Å². The number of esters is 2. The van der Waals surface area contributed by atoms with Gasteiger partial charge in [0.1, 0.15) is 18.6 Å². The number of nitrogens with zero attached hydrogens (tertiary/aromatic N) is 2. The molecule has 5 N–H and O–H groups in total. The molecule has 16 nitrogen and oxygen atoms in total. The number of phenols is 2. The lowest BCUT2D eigenvalue weighted by molar-refractivity contribution is -0.178. The normalized spacial score (nSPS) is 29.4. The van der Waals surface area contributed by atoms with Crippen molar-refractivity contribution in [2.45, 2.75) is 75.6 Å². The van der Waals surface area contributed by atoms with Gasteiger partial charge in [0.05, 0.1) is 38.4 Å². The first-order chi connectivity index (χ1) is 25.9. The first kappa shape index (κ1) is 34.9. The second kappa shape index (κ2) is 12.3. The van der Waals surface area contributed by atoms with Crippen LogP contribution >= 0.6 is 0 Å². The minimum absolute atomic E-state index is 0.0924. The van der Waals surface area contributed by atoms with Crippen LogP contribution in [0.4, 0.5) is 0 Å². The van der Waals surface area contributed by atoms with E-state index in [4.69, 9.17) is 28.4 Å². The number of hydrogen-bond donors (Lipinski definition) is 5. The molecular weight excluding hydrogens is 704 g/mol. The van der Waals surface area contributed by atoms with Crippen LogP contribution in [0.5, 0.6) is 40.2 Å². The Morgan fingerprint density at radius 1 is 1.02 bits per heavy atom. The molecule has 2 saturated heterocycles. The number of carbonyl (C=O) groups is 2. The highest BCUT2D eigenvalue weighted by molar-refractivity contribution is 5.85. The molecule has 0 unspecified atom stereocenters. The highest BCUT2D eigenvalue weighted by Gasteiger charge is 2.60. The van der Waals surface area contributed by atoms with Crippen LogP contribution in [0.25, 0.3) is 0 Å². The summed E-state index contributed by atoms with van der Waals surface area (Å²) in [6.45, 7) is 4.11. The van der Waals surface area contributed by atoms with Crippen molar-refractivity contribution in [3.8, 4) is 40.2 Å². The zero-order valence-corrected chi connectivity index (χ0v) is 30.3. The molecule has 0 amide bonds. The quantitative estimate of drug-likeness (QED) is 0.193. The summed E-state index contributed by atoms with van der Waals surface area (Å²) in [6.07, 6.45) is -0.438. The van der Waals surface area contributed by atoms with Gasteiger partial charge in [0, 0.05) is 48.3 Å². The summed E-state index contributed by atoms with van der Waals surface area (Å²) in [4.78, 5) is 29.2. The van der Waals surface area contributed by atoms with E-state index in [9.17, 15) is 24.9 Å². The summed E-state index contributed by atoms with van der Waals surface area (Å²) >= 11 is 0. The first-order valence-corrected chi connectivity index (χ1v) is 17.9. The van der Waals surface area contributed by atoms with E-state index in [2.05, 4.69) is 10.6 Å². The van der Waals surface area contributed by atoms with E-state index >= 15 is 5.21 Å². The Balaban J connectivity index is 1.33. The molecule has 4 bridgehead atoms. The number of benzene rings is 3. The summed E-state index contributed by atoms with van der Waals surface area (Å²) in [5.41, 5.74) is 2.45. The highest BCUT2D eigenvalue weighted by Crippen LogP contribution is 2.61. The van der Waals surface area contributed by atoms with Crippen LogP contribution in [0.1, 0.15) is 69.6 Å². The number of ether oxygens (including phenoxy) is 6. The number of rotatable bonds is 3. The Bertz CT molecular complexity index is 2130. The average Bonchev–Trinajstić information content (AvgIpc) is 3.63. The third kappa shape index (κ3) is 4.70. The molecule has 16 heteroatoms. The minimum Gasteiger partial charge on any atom is -0.785 e. The SMILES string of the molecule is COc1cc2c(cc1O)CCN[C@]21CN([O-])[C@H]2c3c(OC(C)=O)c(C)c4c(c3[C@H](COC1=O)N1[C@@H]2[C@@H]2N[C@@H](Cc3cc(C)c(OC)c(O)c32)[C@@H]1O)OCO4. The Morgan fingerprint density at radius 2 is 1.80 bits per heavy atom. The van der Waals surface area contributed by atoms with E-state index in [-0.39, 0.29) is 48.7 Å². The molecule has 10 rings (SSSR count). The lowest BCUT2D eigenvalue weighted by Crippen LogP contribution is -2.72. The molecule has 0 saturated carbocycles. The number of nitrogens with one attached hydrogen (secondary N) is 2. The van der Waals surface area contributed by atoms with Crippen molar-refractivity contribution in [2.24, 2.45) is 0 Å². The van der Waals surface area contributed by atoms with Crippen molar-refractivity contribution in [1.82, 2.24) is 20.6 Å². The summed E-state index contributed by atoms with van der Waals surface area (Å²) < 4.78 is 35.3. The van der Waals surface area contributed by atoms with Gasteiger partial charge in [-0.15, -0.1) is 0 Å². The van der Waals surface area contributed by atoms with Crippen LogP contribution < -0.4 is 34.3 Å². The van der Waals surface area contributed by atoms with Gasteiger partial charge in [0.25, 0.3) is 0 Å². The highest BCUT2D eigenvalue weighted by atomic mass is 16.7. The molecule has 286 valence electrons. The van der Waals surface area contributed by atoms with Gasteiger partial charge >= 0.3 is 11.9 Å². The Hall–Kier alpha value is -4.84. The third-order valence-corrected chi connectivity index (χ3v) is 12.0. The first-order valence-electron chi connectivity index (χ1n) is 17.9. The van der Waals surface area contributed by atoms with Crippen LogP contribution in [0.3, 0.4) is 0 Å². The topological polar surface area (TPSA) is 204 Å². The second-order valence-corrected chi connectivity index (χ2v) is 14.8. The standard InChI is InChI=1S/C38H41N4O12/c1-15-8-19-9-21-36(46)42-22-12-51-37(47)38(20-11-24(49-4)23(44)10-18(20)6-7-39-38)13-41(48)29(30(42)28(40-21)25(19)31(45)32(15)50-5)27-26(22)35-34(52-14-53-35)16(2)33(27)54-17(3)43/h8,10-11,21-22,28-30,36,39-40,44-46H,6-7,9,12-14H2,1-5H3/q-1/t21-,22-,28+,29-,30+,36-,38+/m0/s1. The molecule has 0 aromatic heterocycles. The predicted octanol–water partition coefficient (Wildman–Crippen LogP) is 2.14. The van der Waals surface area contributed by atoms with Crippen molar-refractivity contribution in [1.29, 1.82) is 0 Å². The molecule has 3 aromatic carbocycles. The molecule has 0 radical (unpaired) electrons. The zero-order chi connectivity index (χ0) is 38.0. The summed E-state index contributed by atoms with van der Waals surface area (Å²) in [7, 11) is 2.87. The number of phenolic OH excluding ortho intramolecular Hbond substituents is 2. The fraction of sp³-hybridized carbons (Fsp3) is 0.474. The summed E-state index contributed by atoms with van der Waals surface area (Å²) in [5, 5.41) is 58.1. The molecule has 7 heterocycles. The number of piperazine rings is 1. The third-order valence-electron chi connectivity index (χ3n) is 12.0. The maximum atomic E-state index is 15.6. The number of aliphatic hydroxyl groups is 1. The van der Waals surface area contributed by atoms with Crippen LogP contribution in [-0.2, 0) is 32.7 Å². The van der Waals surface area contributed by atoms with Gasteiger partial charge in [-0.25, -0.2) is 4.79 Å². The number of methoxy groups -OCH3 is 2. The fourth-order valence-corrected chi connectivity index (χ4v) is 9.90. The molecular formula is C38H41N4O12-. The number of fused-ring (bicyclic) bond motifs is 9. The number of aromatic hydroxyl groups is 2. The average molecular weight is 746 g/mol. The van der Waals surface area contributed by atoms with Crippen LogP contribution in [0.2, 0.25) is 0 Å². The van der Waals surface area contributed by atoms with Gasteiger partial charge < -0.3 is 59.3 Å². The Morgan fingerprint density at radius 3 is 2.54 bits per heavy atom. The molecule has 2 fully saturated rings. The van der Waals surface area contributed by atoms with Crippen molar-refractivity contribution < 1.29 is 53.3 Å². The van der Waals surface area contributed by atoms with E-state index in [1.165, 1.54) is 27.2 Å². The van der Waals surface area contributed by atoms with E-state index < -0.39 is 60.5 Å². The van der Waals surface area contributed by atoms with Gasteiger partial charge in [-0.1, -0.05) is 6.07 Å². The summed E-state index contributed by atoms with van der Waals surface area (Å²) in [5.74, 6) is -0.480. The van der Waals surface area contributed by atoms with E-state index in [0.717, 1.165) is 10.6 Å². The van der Waals surface area contributed by atoms with Gasteiger partial charge in [-0.05, 0) is 61.1 Å². The zero-order valence-electron chi connectivity index (χ0n) is 30.3. The molecule has 7 aliphatic rings. The van der Waals surface area contributed by atoms with Gasteiger partial charge in [0.2, 0.25) is 6.79 Å². The molecule has 0 aliphatic carbocycles. The van der Waals surface area contributed by atoms with E-state index in [1.54, 1.807) is 17.9 Å². The smallest absolute Gasteiger partial charge is 0.332 e. The van der Waals surface area contributed by atoms with Crippen molar-refractivity contribution in [3.05, 3.63) is 67.9 Å². The maximum Gasteiger partial charge on any atom is 0.332 e. The fourth-order valence-electron chi connectivity index (χ4n) is 9.90. The number of aryl methyl sites for hydroxylation is 1. The van der Waals surface area contributed by atoms with Gasteiger partial charge in [0.15, 0.2) is 40.0 Å². The number of carbonyl (C=O) groups excluding carboxylic acids is 2. The van der Waals surface area contributed by atoms with Crippen molar-refractivity contribution in [3.63, 3.8) is 0 Å². The Kier molecular flexibility index (Phi) is 7.98. The monoisotopic (exact) mass is 745 g/mol. The number of aliphatic hydroxyl groups excluding tert-OH is 1. The summed E-state index contributed by atoms with van der Waals surface area (Å²) in [6, 6.07) is 0.493. The second-order valence-electron chi connectivity index (χ2n) is 14.8. The van der Waals surface area contributed by atoms with Gasteiger partial charge in [-0.3, -0.25) is 15.0 Å². The van der Waals surface area contributed by atoms with Crippen LogP contribution in [0.15, 0.2) is 18.2 Å². The lowest BCUT2D eigenvalue weighted by Gasteiger charge is -2.62. The van der Waals surface area contributed by atoms with Crippen molar-refractivity contribution in [2.75, 3.05) is 40.7 Å². The number of hydroxylamine groups is 2. The molecule has 54 heavy (non-hydrogen) atoms. The largest absolute Gasteiger partial charge is 0.785 e. The Labute approximate surface area is 310 Å². The molecule has 7 aliphatic heterocycles. The van der Waals surface area contributed by atoms with E-state index in [0.29, 0.717) is 63.3 Å². The van der Waals surface area contributed by atoms with E-state index in [1.807, 2.05) is 13.0 Å². The minimum atomic E-state index is -1.73. The predicted molar refractivity (Wildman–Crippen MR) is 188 cm³/mol. The maximum absolute atomic E-state index is 15.6. The van der Waals surface area contributed by atoms with Crippen molar-refractivity contribution >= 4 is 11.9 Å². The lowest BCUT2D eigenvalue weighted by atomic mass is 9.71. The van der Waals surface area contributed by atoms with Crippen LogP contribution in [0, 0.1) is 19.1 Å². The van der Waals surface area contributed by atoms with Gasteiger partial charge in [-0.2, -0.15) is 0 Å².